The number of hydrogen-bond donors (Lipinski definition) is 2. The number of rotatable bonds is 10. The monoisotopic (exact) mass is 386 g/mol. The summed E-state index contributed by atoms with van der Waals surface area (Å²) in [5.74, 6) is 3.43. The van der Waals surface area contributed by atoms with Crippen LogP contribution in [0.4, 0.5) is 0 Å². The molecule has 0 saturated heterocycles. The smallest absolute Gasteiger partial charge is 0.192 e. The molecule has 2 rings (SSSR count). The molecule has 7 nitrogen and oxygen atoms in total. The van der Waals surface area contributed by atoms with Crippen LogP contribution in [0.5, 0.6) is 5.75 Å². The van der Waals surface area contributed by atoms with Crippen LogP contribution in [0.3, 0.4) is 0 Å². The topological polar surface area (TPSA) is 76.4 Å². The Kier molecular flexibility index (Phi) is 8.78. The van der Waals surface area contributed by atoms with E-state index in [0.717, 1.165) is 35.3 Å². The largest absolute Gasteiger partial charge is 0.497 e. The van der Waals surface area contributed by atoms with Crippen molar-refractivity contribution in [1.82, 2.24) is 25.4 Å². The van der Waals surface area contributed by atoms with Crippen molar-refractivity contribution in [2.75, 3.05) is 7.11 Å². The summed E-state index contributed by atoms with van der Waals surface area (Å²) in [6.07, 6.45) is 4.84. The van der Waals surface area contributed by atoms with E-state index in [1.807, 2.05) is 42.8 Å². The van der Waals surface area contributed by atoms with Crippen LogP contribution in [-0.2, 0) is 20.1 Å². The van der Waals surface area contributed by atoms with Gasteiger partial charge < -0.3 is 19.9 Å². The minimum absolute atomic E-state index is 0.356. The zero-order valence-corrected chi connectivity index (χ0v) is 17.8. The van der Waals surface area contributed by atoms with Gasteiger partial charge in [-0.2, -0.15) is 0 Å². The van der Waals surface area contributed by atoms with Crippen molar-refractivity contribution < 1.29 is 4.74 Å². The third-order valence-corrected chi connectivity index (χ3v) is 4.80. The van der Waals surface area contributed by atoms with Crippen molar-refractivity contribution in [3.63, 3.8) is 0 Å². The highest BCUT2D eigenvalue weighted by atomic mass is 16.5. The molecule has 0 bridgehead atoms. The van der Waals surface area contributed by atoms with Crippen molar-refractivity contribution in [2.24, 2.45) is 12.0 Å². The lowest BCUT2D eigenvalue weighted by atomic mass is 10.1. The molecule has 2 aromatic rings. The van der Waals surface area contributed by atoms with E-state index in [4.69, 9.17) is 9.73 Å². The Labute approximate surface area is 168 Å². The number of nitrogens with zero attached hydrogens (tertiary/aromatic N) is 4. The van der Waals surface area contributed by atoms with E-state index in [9.17, 15) is 0 Å². The van der Waals surface area contributed by atoms with E-state index >= 15 is 0 Å². The first kappa shape index (κ1) is 21.7. The van der Waals surface area contributed by atoms with Crippen LogP contribution in [-0.4, -0.2) is 33.9 Å². The van der Waals surface area contributed by atoms with E-state index in [1.54, 1.807) is 7.11 Å². The molecule has 0 fully saturated rings. The third-order valence-electron chi connectivity index (χ3n) is 4.80. The fourth-order valence-corrected chi connectivity index (χ4v) is 2.83. The van der Waals surface area contributed by atoms with E-state index in [-0.39, 0.29) is 0 Å². The maximum absolute atomic E-state index is 5.22. The molecule has 7 heteroatoms. The van der Waals surface area contributed by atoms with Crippen LogP contribution in [0.15, 0.2) is 29.3 Å². The summed E-state index contributed by atoms with van der Waals surface area (Å²) in [4.78, 5) is 4.77. The SMILES string of the molecule is CCCCCC(C)NC(=NCc1ccc(OC)cc1)NCc1nnc(C)n1C. The number of hydrogen-bond acceptors (Lipinski definition) is 4. The lowest BCUT2D eigenvalue weighted by molar-refractivity contribution is 0.414. The van der Waals surface area contributed by atoms with Gasteiger partial charge in [-0.05, 0) is 38.0 Å². The Bertz CT molecular complexity index is 738. The maximum atomic E-state index is 5.22. The summed E-state index contributed by atoms with van der Waals surface area (Å²) in [5, 5.41) is 15.3. The van der Waals surface area contributed by atoms with E-state index in [1.165, 1.54) is 19.3 Å². The Hall–Kier alpha value is -2.57. The van der Waals surface area contributed by atoms with Gasteiger partial charge in [0, 0.05) is 13.1 Å². The zero-order valence-electron chi connectivity index (χ0n) is 17.8. The summed E-state index contributed by atoms with van der Waals surface area (Å²) >= 11 is 0. The van der Waals surface area contributed by atoms with Crippen molar-refractivity contribution in [2.45, 2.75) is 65.6 Å². The molecule has 0 amide bonds. The molecule has 0 aliphatic rings. The van der Waals surface area contributed by atoms with Gasteiger partial charge in [-0.1, -0.05) is 38.3 Å². The highest BCUT2D eigenvalue weighted by Gasteiger charge is 2.09. The van der Waals surface area contributed by atoms with Gasteiger partial charge >= 0.3 is 0 Å². The fourth-order valence-electron chi connectivity index (χ4n) is 2.83. The minimum atomic E-state index is 0.356. The average Bonchev–Trinajstić information content (AvgIpc) is 3.02. The van der Waals surface area contributed by atoms with Gasteiger partial charge in [0.1, 0.15) is 11.6 Å². The van der Waals surface area contributed by atoms with Crippen LogP contribution in [0.25, 0.3) is 0 Å². The standard InChI is InChI=1S/C21H34N6O/c1-6-7-8-9-16(2)24-21(23-15-20-26-25-17(3)27(20)4)22-14-18-10-12-19(28-5)13-11-18/h10-13,16H,6-9,14-15H2,1-5H3,(H2,22,23,24). The number of aryl methyl sites for hydroxylation is 1. The molecule has 154 valence electrons. The van der Waals surface area contributed by atoms with Gasteiger partial charge in [-0.3, -0.25) is 0 Å². The van der Waals surface area contributed by atoms with E-state index < -0.39 is 0 Å². The molecule has 0 saturated carbocycles. The average molecular weight is 387 g/mol. The first-order valence-corrected chi connectivity index (χ1v) is 10.1. The van der Waals surface area contributed by atoms with Gasteiger partial charge in [0.2, 0.25) is 0 Å². The van der Waals surface area contributed by atoms with Gasteiger partial charge in [0.15, 0.2) is 11.8 Å². The van der Waals surface area contributed by atoms with Crippen LogP contribution in [0.1, 0.15) is 56.7 Å². The minimum Gasteiger partial charge on any atom is -0.497 e. The number of aromatic nitrogens is 3. The second-order valence-electron chi connectivity index (χ2n) is 7.13. The second kappa shape index (κ2) is 11.3. The summed E-state index contributed by atoms with van der Waals surface area (Å²) < 4.78 is 7.20. The Morgan fingerprint density at radius 3 is 2.57 bits per heavy atom. The van der Waals surface area contributed by atoms with Gasteiger partial charge in [-0.15, -0.1) is 10.2 Å². The Morgan fingerprint density at radius 1 is 1.21 bits per heavy atom. The summed E-state index contributed by atoms with van der Waals surface area (Å²) in [6.45, 7) is 7.55. The number of nitrogens with one attached hydrogen (secondary N) is 2. The number of guanidine groups is 1. The number of unbranched alkanes of at least 4 members (excludes halogenated alkanes) is 2. The molecular formula is C21H34N6O. The molecule has 0 aliphatic heterocycles. The quantitative estimate of drug-likeness (QED) is 0.372. The molecule has 2 N–H and O–H groups in total. The van der Waals surface area contributed by atoms with Crippen molar-refractivity contribution >= 4 is 5.96 Å². The van der Waals surface area contributed by atoms with Gasteiger partial charge in [0.05, 0.1) is 20.2 Å². The van der Waals surface area contributed by atoms with Crippen LogP contribution in [0.2, 0.25) is 0 Å². The second-order valence-corrected chi connectivity index (χ2v) is 7.13. The zero-order chi connectivity index (χ0) is 20.4. The van der Waals surface area contributed by atoms with E-state index in [0.29, 0.717) is 19.1 Å². The molecule has 0 radical (unpaired) electrons. The number of aliphatic imine (C=N–C) groups is 1. The first-order valence-electron chi connectivity index (χ1n) is 10.1. The Morgan fingerprint density at radius 2 is 1.96 bits per heavy atom. The van der Waals surface area contributed by atoms with E-state index in [2.05, 4.69) is 34.7 Å². The molecule has 0 spiro atoms. The van der Waals surface area contributed by atoms with Crippen LogP contribution in [0, 0.1) is 6.92 Å². The number of benzene rings is 1. The fraction of sp³-hybridized carbons (Fsp3) is 0.571. The van der Waals surface area contributed by atoms with Crippen LogP contribution < -0.4 is 15.4 Å². The normalized spacial score (nSPS) is 12.7. The Balaban J connectivity index is 2.01. The highest BCUT2D eigenvalue weighted by molar-refractivity contribution is 5.80. The molecule has 1 heterocycles. The van der Waals surface area contributed by atoms with Crippen molar-refractivity contribution in [3.05, 3.63) is 41.5 Å². The molecule has 1 atom stereocenters. The predicted molar refractivity (Wildman–Crippen MR) is 113 cm³/mol. The highest BCUT2D eigenvalue weighted by Crippen LogP contribution is 2.12. The van der Waals surface area contributed by atoms with Crippen LogP contribution >= 0.6 is 0 Å². The predicted octanol–water partition coefficient (Wildman–Crippen LogP) is 3.34. The van der Waals surface area contributed by atoms with Crippen molar-refractivity contribution in [1.29, 1.82) is 0 Å². The number of ether oxygens (including phenoxy) is 1. The summed E-state index contributed by atoms with van der Waals surface area (Å²) in [5.41, 5.74) is 1.13. The molecule has 0 aliphatic carbocycles. The summed E-state index contributed by atoms with van der Waals surface area (Å²) in [6, 6.07) is 8.35. The molecule has 1 unspecified atom stereocenters. The third kappa shape index (κ3) is 6.87. The number of methoxy groups -OCH3 is 1. The van der Waals surface area contributed by atoms with Gasteiger partial charge in [0.25, 0.3) is 0 Å². The van der Waals surface area contributed by atoms with Crippen molar-refractivity contribution in [3.8, 4) is 5.75 Å². The summed E-state index contributed by atoms with van der Waals surface area (Å²) in [7, 11) is 3.65. The molecule has 1 aromatic carbocycles. The lowest BCUT2D eigenvalue weighted by Crippen LogP contribution is -2.42. The first-order chi connectivity index (χ1) is 13.5. The molecule has 1 aromatic heterocycles. The van der Waals surface area contributed by atoms with Gasteiger partial charge in [-0.25, -0.2) is 4.99 Å². The molecule has 28 heavy (non-hydrogen) atoms. The lowest BCUT2D eigenvalue weighted by Gasteiger charge is -2.18. The maximum Gasteiger partial charge on any atom is 0.192 e. The molecular weight excluding hydrogens is 352 g/mol.